The number of aromatic nitrogens is 2. The molecule has 6 heteroatoms. The van der Waals surface area contributed by atoms with Gasteiger partial charge in [0.25, 0.3) is 0 Å². The summed E-state index contributed by atoms with van der Waals surface area (Å²) in [4.78, 5) is 21.5. The fraction of sp³-hybridized carbons (Fsp3) is 0.500. The molecule has 1 aliphatic heterocycles. The molecule has 5 nitrogen and oxygen atoms in total. The van der Waals surface area contributed by atoms with Gasteiger partial charge in [-0.1, -0.05) is 0 Å². The van der Waals surface area contributed by atoms with Crippen LogP contribution in [0, 0.1) is 6.92 Å². The van der Waals surface area contributed by atoms with Crippen LogP contribution in [0.4, 0.5) is 0 Å². The molecule has 3 heterocycles. The second-order valence-corrected chi connectivity index (χ2v) is 7.07. The van der Waals surface area contributed by atoms with Gasteiger partial charge in [0.05, 0.1) is 11.2 Å². The van der Waals surface area contributed by atoms with Gasteiger partial charge in [-0.2, -0.15) is 11.8 Å². The lowest BCUT2D eigenvalue weighted by Crippen LogP contribution is -2.42. The first-order valence-corrected chi connectivity index (χ1v) is 8.57. The Bertz CT molecular complexity index is 699. The van der Waals surface area contributed by atoms with Gasteiger partial charge in [0.2, 0.25) is 0 Å². The third-order valence-electron chi connectivity index (χ3n) is 4.12. The summed E-state index contributed by atoms with van der Waals surface area (Å²) in [6, 6.07) is 4.63. The standard InChI is InChI=1S/C9H8N2O2.C7H15NS/c1-6-2-9(13)4-8-3-7(5-12)10-11(6)8;1-7(8-2)3-5-9-6-4-7/h2-5,10H,1H3;8H,3-6H2,1-2H3. The Morgan fingerprint density at radius 1 is 1.32 bits per heavy atom. The quantitative estimate of drug-likeness (QED) is 0.833. The minimum absolute atomic E-state index is 0.0473. The molecule has 2 aromatic rings. The van der Waals surface area contributed by atoms with Crippen LogP contribution in [-0.2, 0) is 0 Å². The van der Waals surface area contributed by atoms with Gasteiger partial charge >= 0.3 is 0 Å². The highest BCUT2D eigenvalue weighted by Crippen LogP contribution is 2.25. The fourth-order valence-electron chi connectivity index (χ4n) is 2.44. The minimum atomic E-state index is -0.0473. The zero-order chi connectivity index (χ0) is 16.2. The first-order chi connectivity index (χ1) is 10.5. The van der Waals surface area contributed by atoms with Gasteiger partial charge in [0, 0.05) is 23.4 Å². The average Bonchev–Trinajstić information content (AvgIpc) is 2.92. The molecule has 0 bridgehead atoms. The van der Waals surface area contributed by atoms with Crippen molar-refractivity contribution in [1.82, 2.24) is 14.9 Å². The lowest BCUT2D eigenvalue weighted by Gasteiger charge is -2.32. The first kappa shape index (κ1) is 16.8. The first-order valence-electron chi connectivity index (χ1n) is 7.42. The number of fused-ring (bicyclic) bond motifs is 1. The Balaban J connectivity index is 0.000000172. The maximum atomic E-state index is 11.1. The topological polar surface area (TPSA) is 66.4 Å². The Hall–Kier alpha value is -1.53. The number of aromatic amines is 1. The molecule has 0 saturated carbocycles. The van der Waals surface area contributed by atoms with Gasteiger partial charge in [-0.15, -0.1) is 0 Å². The van der Waals surface area contributed by atoms with E-state index in [9.17, 15) is 9.59 Å². The van der Waals surface area contributed by atoms with Crippen molar-refractivity contribution in [3.63, 3.8) is 0 Å². The number of carbonyl (C=O) groups is 1. The van der Waals surface area contributed by atoms with Crippen molar-refractivity contribution >= 4 is 23.6 Å². The molecular formula is C16H23N3O2S. The lowest BCUT2D eigenvalue weighted by molar-refractivity contribution is 0.111. The number of hydrogen-bond donors (Lipinski definition) is 2. The maximum absolute atomic E-state index is 11.1. The highest BCUT2D eigenvalue weighted by atomic mass is 32.2. The summed E-state index contributed by atoms with van der Waals surface area (Å²) in [6.07, 6.45) is 3.37. The predicted molar refractivity (Wildman–Crippen MR) is 92.2 cm³/mol. The number of nitrogens with zero attached hydrogens (tertiary/aromatic N) is 1. The molecule has 2 N–H and O–H groups in total. The Kier molecular flexibility index (Phi) is 5.47. The van der Waals surface area contributed by atoms with Crippen LogP contribution in [-0.4, -0.2) is 40.0 Å². The van der Waals surface area contributed by atoms with Crippen LogP contribution in [0.2, 0.25) is 0 Å². The largest absolute Gasteiger partial charge is 0.314 e. The number of carbonyl (C=O) groups excluding carboxylic acids is 1. The van der Waals surface area contributed by atoms with E-state index >= 15 is 0 Å². The van der Waals surface area contributed by atoms with Crippen LogP contribution in [0.5, 0.6) is 0 Å². The number of rotatable bonds is 2. The molecule has 0 atom stereocenters. The van der Waals surface area contributed by atoms with Crippen LogP contribution in [0.3, 0.4) is 0 Å². The number of aryl methyl sites for hydroxylation is 1. The Morgan fingerprint density at radius 2 is 2.00 bits per heavy atom. The van der Waals surface area contributed by atoms with E-state index in [0.717, 1.165) is 12.0 Å². The molecule has 0 unspecified atom stereocenters. The molecule has 0 aromatic carbocycles. The summed E-state index contributed by atoms with van der Waals surface area (Å²) in [5.74, 6) is 2.66. The van der Waals surface area contributed by atoms with Crippen molar-refractivity contribution in [3.8, 4) is 0 Å². The zero-order valence-electron chi connectivity index (χ0n) is 13.3. The third-order valence-corrected chi connectivity index (χ3v) is 5.11. The number of hydrogen-bond acceptors (Lipinski definition) is 4. The normalized spacial score (nSPS) is 16.9. The number of H-pyrrole nitrogens is 1. The van der Waals surface area contributed by atoms with E-state index in [1.165, 1.54) is 36.5 Å². The number of aldehydes is 1. The molecule has 1 aliphatic rings. The van der Waals surface area contributed by atoms with Crippen molar-refractivity contribution in [2.45, 2.75) is 32.2 Å². The second kappa shape index (κ2) is 7.15. The van der Waals surface area contributed by atoms with Gasteiger partial charge in [-0.25, -0.2) is 0 Å². The molecular weight excluding hydrogens is 298 g/mol. The number of pyridine rings is 1. The number of nitrogens with one attached hydrogen (secondary N) is 2. The van der Waals surface area contributed by atoms with E-state index in [1.54, 1.807) is 17.5 Å². The molecule has 3 rings (SSSR count). The zero-order valence-corrected chi connectivity index (χ0v) is 14.1. The molecule has 0 radical (unpaired) electrons. The van der Waals surface area contributed by atoms with E-state index < -0.39 is 0 Å². The smallest absolute Gasteiger partial charge is 0.182 e. The van der Waals surface area contributed by atoms with Gasteiger partial charge in [0.1, 0.15) is 0 Å². The summed E-state index contributed by atoms with van der Waals surface area (Å²) < 4.78 is 1.70. The maximum Gasteiger partial charge on any atom is 0.182 e. The summed E-state index contributed by atoms with van der Waals surface area (Å²) in [7, 11) is 2.07. The third kappa shape index (κ3) is 4.01. The Morgan fingerprint density at radius 3 is 2.55 bits per heavy atom. The van der Waals surface area contributed by atoms with Crippen LogP contribution in [0.25, 0.3) is 5.52 Å². The van der Waals surface area contributed by atoms with Crippen molar-refractivity contribution < 1.29 is 4.79 Å². The molecule has 0 spiro atoms. The van der Waals surface area contributed by atoms with Gasteiger partial charge < -0.3 is 5.32 Å². The van der Waals surface area contributed by atoms with Gasteiger partial charge in [0.15, 0.2) is 11.7 Å². The van der Waals surface area contributed by atoms with E-state index in [2.05, 4.69) is 36.1 Å². The van der Waals surface area contributed by atoms with Gasteiger partial charge in [-0.3, -0.25) is 19.2 Å². The molecule has 120 valence electrons. The molecule has 1 saturated heterocycles. The molecule has 2 aromatic heterocycles. The SMILES string of the molecule is CNC1(C)CCSCC1.Cc1cc(=O)cc2cc(C=O)[nH]n12. The second-order valence-electron chi connectivity index (χ2n) is 5.85. The van der Waals surface area contributed by atoms with E-state index in [0.29, 0.717) is 16.7 Å². The predicted octanol–water partition coefficient (Wildman–Crippen LogP) is 2.24. The highest BCUT2D eigenvalue weighted by Gasteiger charge is 2.23. The monoisotopic (exact) mass is 321 g/mol. The van der Waals surface area contributed by atoms with Crippen molar-refractivity contribution in [3.05, 3.63) is 39.8 Å². The fourth-order valence-corrected chi connectivity index (χ4v) is 3.83. The van der Waals surface area contributed by atoms with Crippen LogP contribution >= 0.6 is 11.8 Å². The highest BCUT2D eigenvalue weighted by molar-refractivity contribution is 7.99. The van der Waals surface area contributed by atoms with Crippen LogP contribution in [0.15, 0.2) is 23.0 Å². The lowest BCUT2D eigenvalue weighted by atomic mass is 9.95. The summed E-state index contributed by atoms with van der Waals surface area (Å²) in [5.41, 5.74) is 2.37. The van der Waals surface area contributed by atoms with Gasteiger partial charge in [-0.05, 0) is 51.3 Å². The van der Waals surface area contributed by atoms with Crippen LogP contribution in [0.1, 0.15) is 35.9 Å². The summed E-state index contributed by atoms with van der Waals surface area (Å²) in [6.45, 7) is 4.12. The van der Waals surface area contributed by atoms with Crippen molar-refractivity contribution in [1.29, 1.82) is 0 Å². The Labute approximate surface area is 134 Å². The minimum Gasteiger partial charge on any atom is -0.314 e. The molecule has 0 amide bonds. The van der Waals surface area contributed by atoms with E-state index in [-0.39, 0.29) is 5.43 Å². The molecule has 22 heavy (non-hydrogen) atoms. The van der Waals surface area contributed by atoms with Crippen molar-refractivity contribution in [2.24, 2.45) is 0 Å². The summed E-state index contributed by atoms with van der Waals surface area (Å²) in [5, 5.41) is 6.22. The average molecular weight is 321 g/mol. The molecule has 1 fully saturated rings. The summed E-state index contributed by atoms with van der Waals surface area (Å²) >= 11 is 2.07. The number of thioether (sulfide) groups is 1. The van der Waals surface area contributed by atoms with Crippen LogP contribution < -0.4 is 10.7 Å². The van der Waals surface area contributed by atoms with Crippen molar-refractivity contribution in [2.75, 3.05) is 18.6 Å². The molecule has 0 aliphatic carbocycles. The van der Waals surface area contributed by atoms with E-state index in [1.807, 2.05) is 0 Å². The van der Waals surface area contributed by atoms with E-state index in [4.69, 9.17) is 0 Å².